The number of aliphatic imine (C=N–C) groups is 1. The fourth-order valence-corrected chi connectivity index (χ4v) is 2.63. The van der Waals surface area contributed by atoms with E-state index in [4.69, 9.17) is 4.74 Å². The van der Waals surface area contributed by atoms with Crippen molar-refractivity contribution in [3.05, 3.63) is 0 Å². The summed E-state index contributed by atoms with van der Waals surface area (Å²) in [7, 11) is 0. The first kappa shape index (κ1) is 22.5. The Hall–Kier alpha value is -1.54. The molecule has 0 atom stereocenters. The van der Waals surface area contributed by atoms with E-state index in [-0.39, 0.29) is 6.10 Å². The first-order valence-corrected chi connectivity index (χ1v) is 9.69. The third-order valence-corrected chi connectivity index (χ3v) is 3.89. The van der Waals surface area contributed by atoms with Crippen molar-refractivity contribution in [1.82, 2.24) is 20.9 Å². The maximum Gasteiger partial charge on any atom is 0.407 e. The van der Waals surface area contributed by atoms with Gasteiger partial charge in [0.25, 0.3) is 0 Å². The fourth-order valence-electron chi connectivity index (χ4n) is 2.63. The number of alkyl carbamates (subject to hydrolysis) is 1. The van der Waals surface area contributed by atoms with Crippen LogP contribution in [0.25, 0.3) is 0 Å². The van der Waals surface area contributed by atoms with Crippen LogP contribution in [0.5, 0.6) is 0 Å². The highest BCUT2D eigenvalue weighted by molar-refractivity contribution is 5.79. The fraction of sp³-hybridized carbons (Fsp3) is 0.889. The molecule has 0 saturated carbocycles. The molecule has 0 unspecified atom stereocenters. The summed E-state index contributed by atoms with van der Waals surface area (Å²) < 4.78 is 5.19. The third kappa shape index (κ3) is 11.1. The number of hydrogen-bond donors (Lipinski definition) is 4. The molecule has 0 aromatic carbocycles. The number of guanidine groups is 1. The van der Waals surface area contributed by atoms with Gasteiger partial charge in [0.05, 0.1) is 6.10 Å². The van der Waals surface area contributed by atoms with Crippen molar-refractivity contribution in [2.24, 2.45) is 4.99 Å². The average molecular weight is 372 g/mol. The van der Waals surface area contributed by atoms with E-state index < -0.39 is 11.7 Å². The number of aliphatic hydroxyl groups is 1. The molecule has 1 aliphatic rings. The molecule has 26 heavy (non-hydrogen) atoms. The number of hydrogen-bond acceptors (Lipinski definition) is 5. The lowest BCUT2D eigenvalue weighted by molar-refractivity contribution is 0.0528. The zero-order valence-electron chi connectivity index (χ0n) is 16.8. The van der Waals surface area contributed by atoms with E-state index in [1.165, 1.54) is 0 Å². The highest BCUT2D eigenvalue weighted by atomic mass is 16.6. The Morgan fingerprint density at radius 3 is 2.46 bits per heavy atom. The molecule has 4 N–H and O–H groups in total. The quantitative estimate of drug-likeness (QED) is 0.288. The molecule has 8 heteroatoms. The summed E-state index contributed by atoms with van der Waals surface area (Å²) in [5, 5.41) is 18.6. The highest BCUT2D eigenvalue weighted by Gasteiger charge is 2.16. The van der Waals surface area contributed by atoms with Crippen LogP contribution in [-0.4, -0.2) is 79.6 Å². The zero-order chi connectivity index (χ0) is 19.4. The van der Waals surface area contributed by atoms with Gasteiger partial charge in [0.15, 0.2) is 5.96 Å². The number of rotatable bonds is 8. The van der Waals surface area contributed by atoms with Crippen LogP contribution in [0.2, 0.25) is 0 Å². The van der Waals surface area contributed by atoms with Gasteiger partial charge in [-0.2, -0.15) is 0 Å². The summed E-state index contributed by atoms with van der Waals surface area (Å²) >= 11 is 0. The summed E-state index contributed by atoms with van der Waals surface area (Å²) in [5.74, 6) is 0.757. The van der Waals surface area contributed by atoms with E-state index >= 15 is 0 Å². The van der Waals surface area contributed by atoms with Gasteiger partial charge < -0.3 is 30.7 Å². The summed E-state index contributed by atoms with van der Waals surface area (Å²) in [4.78, 5) is 18.5. The third-order valence-electron chi connectivity index (χ3n) is 3.89. The monoisotopic (exact) mass is 371 g/mol. The maximum atomic E-state index is 11.6. The number of ether oxygens (including phenoxy) is 1. The predicted octanol–water partition coefficient (Wildman–Crippen LogP) is 0.913. The number of aliphatic hydroxyl groups excluding tert-OH is 1. The first-order chi connectivity index (χ1) is 12.3. The minimum absolute atomic E-state index is 0.122. The van der Waals surface area contributed by atoms with Crippen molar-refractivity contribution in [3.8, 4) is 0 Å². The smallest absolute Gasteiger partial charge is 0.407 e. The van der Waals surface area contributed by atoms with Crippen LogP contribution in [0.1, 0.15) is 47.0 Å². The van der Waals surface area contributed by atoms with E-state index in [0.717, 1.165) is 57.9 Å². The minimum atomic E-state index is -0.486. The van der Waals surface area contributed by atoms with Gasteiger partial charge in [-0.05, 0) is 53.5 Å². The van der Waals surface area contributed by atoms with Crippen molar-refractivity contribution >= 4 is 12.1 Å². The molecule has 1 rings (SSSR count). The van der Waals surface area contributed by atoms with Crippen LogP contribution in [0.15, 0.2) is 4.99 Å². The lowest BCUT2D eigenvalue weighted by Gasteiger charge is -2.29. The molecule has 152 valence electrons. The maximum absolute atomic E-state index is 11.6. The summed E-state index contributed by atoms with van der Waals surface area (Å²) in [5.41, 5.74) is -0.486. The minimum Gasteiger partial charge on any atom is -0.444 e. The second-order valence-electron chi connectivity index (χ2n) is 7.54. The summed E-state index contributed by atoms with van der Waals surface area (Å²) in [6, 6.07) is 0. The molecule has 0 aromatic heterocycles. The van der Waals surface area contributed by atoms with E-state index in [2.05, 4.69) is 25.8 Å². The summed E-state index contributed by atoms with van der Waals surface area (Å²) in [6.45, 7) is 13.1. The number of amides is 1. The molecule has 8 nitrogen and oxygen atoms in total. The molecule has 1 heterocycles. The molecule has 0 aliphatic carbocycles. The largest absolute Gasteiger partial charge is 0.444 e. The van der Waals surface area contributed by atoms with Crippen molar-refractivity contribution in [1.29, 1.82) is 0 Å². The Balaban J connectivity index is 2.19. The predicted molar refractivity (Wildman–Crippen MR) is 105 cm³/mol. The van der Waals surface area contributed by atoms with Crippen LogP contribution in [0.3, 0.4) is 0 Å². The number of carbonyl (C=O) groups excluding carboxylic acids is 1. The molecule has 1 aliphatic heterocycles. The molecule has 1 saturated heterocycles. The SMILES string of the molecule is CCNC(=NCCCN1CCC(O)CC1)NCCNC(=O)OC(C)(C)C. The number of piperidine rings is 1. The van der Waals surface area contributed by atoms with E-state index in [1.54, 1.807) is 0 Å². The van der Waals surface area contributed by atoms with Gasteiger partial charge in [-0.1, -0.05) is 0 Å². The molecule has 1 fully saturated rings. The van der Waals surface area contributed by atoms with E-state index in [1.807, 2.05) is 27.7 Å². The Kier molecular flexibility index (Phi) is 10.3. The van der Waals surface area contributed by atoms with Crippen molar-refractivity contribution < 1.29 is 14.6 Å². The normalized spacial score (nSPS) is 17.0. The number of nitrogens with one attached hydrogen (secondary N) is 3. The van der Waals surface area contributed by atoms with Crippen molar-refractivity contribution in [2.45, 2.75) is 58.7 Å². The van der Waals surface area contributed by atoms with Crippen LogP contribution in [-0.2, 0) is 4.74 Å². The topological polar surface area (TPSA) is 98.2 Å². The standard InChI is InChI=1S/C18H37N5O3/c1-5-19-16(21-10-11-22-17(25)26-18(2,3)4)20-9-6-12-23-13-7-15(24)8-14-23/h15,24H,5-14H2,1-4H3,(H,22,25)(H2,19,20,21). The first-order valence-electron chi connectivity index (χ1n) is 9.69. The number of carbonyl (C=O) groups is 1. The van der Waals surface area contributed by atoms with Gasteiger partial charge in [0.1, 0.15) is 5.60 Å². The molecular weight excluding hydrogens is 334 g/mol. The van der Waals surface area contributed by atoms with Crippen LogP contribution in [0.4, 0.5) is 4.79 Å². The van der Waals surface area contributed by atoms with Gasteiger partial charge in [0, 0.05) is 39.3 Å². The highest BCUT2D eigenvalue weighted by Crippen LogP contribution is 2.09. The van der Waals surface area contributed by atoms with Crippen LogP contribution < -0.4 is 16.0 Å². The Morgan fingerprint density at radius 2 is 1.85 bits per heavy atom. The zero-order valence-corrected chi connectivity index (χ0v) is 16.8. The Labute approximate surface area is 157 Å². The van der Waals surface area contributed by atoms with Gasteiger partial charge in [-0.25, -0.2) is 4.79 Å². The lowest BCUT2D eigenvalue weighted by Crippen LogP contribution is -2.42. The van der Waals surface area contributed by atoms with Crippen molar-refractivity contribution in [2.75, 3.05) is 45.8 Å². The van der Waals surface area contributed by atoms with Gasteiger partial charge in [0.2, 0.25) is 0 Å². The summed E-state index contributed by atoms with van der Waals surface area (Å²) in [6.07, 6.45) is 2.20. The molecule has 0 radical (unpaired) electrons. The van der Waals surface area contributed by atoms with Crippen LogP contribution >= 0.6 is 0 Å². The molecule has 0 bridgehead atoms. The molecule has 1 amide bonds. The van der Waals surface area contributed by atoms with Crippen molar-refractivity contribution in [3.63, 3.8) is 0 Å². The number of likely N-dealkylation sites (tertiary alicyclic amines) is 1. The second-order valence-corrected chi connectivity index (χ2v) is 7.54. The lowest BCUT2D eigenvalue weighted by atomic mass is 10.1. The number of nitrogens with zero attached hydrogens (tertiary/aromatic N) is 2. The average Bonchev–Trinajstić information content (AvgIpc) is 2.55. The molecule has 0 spiro atoms. The van der Waals surface area contributed by atoms with Crippen LogP contribution in [0, 0.1) is 0 Å². The molecular formula is C18H37N5O3. The Bertz CT molecular complexity index is 429. The van der Waals surface area contributed by atoms with E-state index in [9.17, 15) is 9.90 Å². The van der Waals surface area contributed by atoms with Gasteiger partial charge >= 0.3 is 6.09 Å². The second kappa shape index (κ2) is 12.0. The molecule has 0 aromatic rings. The Morgan fingerprint density at radius 1 is 1.19 bits per heavy atom. The van der Waals surface area contributed by atoms with Gasteiger partial charge in [-0.15, -0.1) is 0 Å². The van der Waals surface area contributed by atoms with Gasteiger partial charge in [-0.3, -0.25) is 4.99 Å². The van der Waals surface area contributed by atoms with E-state index in [0.29, 0.717) is 13.1 Å².